The normalized spacial score (nSPS) is 18.0. The zero-order valence-corrected chi connectivity index (χ0v) is 15.8. The Labute approximate surface area is 144 Å². The highest BCUT2D eigenvalue weighted by atomic mass is 32.2. The van der Waals surface area contributed by atoms with Gasteiger partial charge in [-0.05, 0) is 25.7 Å². The fourth-order valence-corrected chi connectivity index (χ4v) is 3.68. The van der Waals surface area contributed by atoms with Crippen molar-refractivity contribution in [1.82, 2.24) is 14.5 Å². The van der Waals surface area contributed by atoms with Gasteiger partial charge in [0.25, 0.3) is 0 Å². The molecule has 140 valence electrons. The largest absolute Gasteiger partial charge is 0.346 e. The zero-order valence-electron chi connectivity index (χ0n) is 15.0. The van der Waals surface area contributed by atoms with Crippen LogP contribution in [0, 0.1) is 5.92 Å². The summed E-state index contributed by atoms with van der Waals surface area (Å²) in [7, 11) is -1.62. The number of nitrogens with zero attached hydrogens (tertiary/aromatic N) is 2. The van der Waals surface area contributed by atoms with Crippen molar-refractivity contribution in [3.05, 3.63) is 0 Å². The summed E-state index contributed by atoms with van der Waals surface area (Å²) in [5, 5.41) is 2.57. The molecular formula is C15H30N4O4S. The molecule has 0 unspecified atom stereocenters. The molecule has 0 radical (unpaired) electrons. The van der Waals surface area contributed by atoms with Gasteiger partial charge >= 0.3 is 0 Å². The van der Waals surface area contributed by atoms with Crippen LogP contribution >= 0.6 is 0 Å². The molecule has 0 aromatic carbocycles. The van der Waals surface area contributed by atoms with Crippen LogP contribution in [0.4, 0.5) is 0 Å². The van der Waals surface area contributed by atoms with Gasteiger partial charge in [0.15, 0.2) is 0 Å². The van der Waals surface area contributed by atoms with Crippen LogP contribution in [-0.2, 0) is 19.6 Å². The van der Waals surface area contributed by atoms with Crippen molar-refractivity contribution in [3.8, 4) is 0 Å². The van der Waals surface area contributed by atoms with Gasteiger partial charge in [0.2, 0.25) is 21.8 Å². The quantitative estimate of drug-likeness (QED) is 0.625. The summed E-state index contributed by atoms with van der Waals surface area (Å²) in [6.07, 6.45) is 1.20. The minimum Gasteiger partial charge on any atom is -0.346 e. The van der Waals surface area contributed by atoms with Gasteiger partial charge < -0.3 is 16.0 Å². The lowest BCUT2D eigenvalue weighted by molar-refractivity contribution is -0.134. The van der Waals surface area contributed by atoms with E-state index in [9.17, 15) is 18.0 Å². The second-order valence-corrected chi connectivity index (χ2v) is 8.83. The topological polar surface area (TPSA) is 113 Å². The first kappa shape index (κ1) is 20.9. The summed E-state index contributed by atoms with van der Waals surface area (Å²) in [5.74, 6) is -0.419. The molecule has 1 fully saturated rings. The SMILES string of the molecule is CCS(=O)(=O)N(C)C1CCN(C(=O)CNC(=O)[C@@H](N)C(C)C)CC1. The van der Waals surface area contributed by atoms with E-state index in [1.807, 2.05) is 13.8 Å². The number of carbonyl (C=O) groups excluding carboxylic acids is 2. The van der Waals surface area contributed by atoms with Crippen LogP contribution in [-0.4, -0.2) is 74.0 Å². The Morgan fingerprint density at radius 1 is 1.29 bits per heavy atom. The average molecular weight is 362 g/mol. The Kier molecular flexibility index (Phi) is 7.62. The highest BCUT2D eigenvalue weighted by Gasteiger charge is 2.30. The van der Waals surface area contributed by atoms with Crippen LogP contribution in [0.25, 0.3) is 0 Å². The van der Waals surface area contributed by atoms with Crippen LogP contribution in [0.15, 0.2) is 0 Å². The Bertz CT molecular complexity index is 542. The predicted octanol–water partition coefficient (Wildman–Crippen LogP) is -0.642. The molecule has 0 aliphatic carbocycles. The standard InChI is InChI=1S/C15H30N4O4S/c1-5-24(22,23)18(4)12-6-8-19(9-7-12)13(20)10-17-15(21)14(16)11(2)3/h11-12,14H,5-10,16H2,1-4H3,(H,17,21)/t14-/m0/s1. The van der Waals surface area contributed by atoms with E-state index < -0.39 is 16.1 Å². The number of piperidine rings is 1. The van der Waals surface area contributed by atoms with Crippen LogP contribution in [0.3, 0.4) is 0 Å². The summed E-state index contributed by atoms with van der Waals surface area (Å²) in [6.45, 7) is 6.20. The third kappa shape index (κ3) is 5.42. The monoisotopic (exact) mass is 362 g/mol. The van der Waals surface area contributed by atoms with E-state index in [2.05, 4.69) is 5.32 Å². The smallest absolute Gasteiger partial charge is 0.241 e. The molecular weight excluding hydrogens is 332 g/mol. The van der Waals surface area contributed by atoms with Gasteiger partial charge in [-0.1, -0.05) is 13.8 Å². The first-order valence-corrected chi connectivity index (χ1v) is 9.97. The summed E-state index contributed by atoms with van der Waals surface area (Å²) in [4.78, 5) is 25.6. The van der Waals surface area contributed by atoms with Crippen molar-refractivity contribution < 1.29 is 18.0 Å². The maximum atomic E-state index is 12.2. The van der Waals surface area contributed by atoms with Gasteiger partial charge in [0, 0.05) is 26.2 Å². The number of likely N-dealkylation sites (tertiary alicyclic amines) is 1. The first-order chi connectivity index (χ1) is 11.1. The van der Waals surface area contributed by atoms with Crippen LogP contribution in [0.5, 0.6) is 0 Å². The molecule has 0 spiro atoms. The van der Waals surface area contributed by atoms with Gasteiger partial charge in [-0.2, -0.15) is 0 Å². The maximum absolute atomic E-state index is 12.2. The molecule has 0 saturated carbocycles. The molecule has 24 heavy (non-hydrogen) atoms. The van der Waals surface area contributed by atoms with E-state index in [4.69, 9.17) is 5.73 Å². The van der Waals surface area contributed by atoms with Gasteiger partial charge in [-0.15, -0.1) is 0 Å². The molecule has 3 N–H and O–H groups in total. The molecule has 8 nitrogen and oxygen atoms in total. The van der Waals surface area contributed by atoms with E-state index in [1.54, 1.807) is 18.9 Å². The van der Waals surface area contributed by atoms with E-state index in [1.165, 1.54) is 4.31 Å². The minimum atomic E-state index is -3.22. The fourth-order valence-electron chi connectivity index (χ4n) is 2.60. The molecule has 2 amide bonds. The van der Waals surface area contributed by atoms with E-state index in [-0.39, 0.29) is 36.1 Å². The summed E-state index contributed by atoms with van der Waals surface area (Å²) in [6, 6.07) is -0.709. The number of hydrogen-bond acceptors (Lipinski definition) is 5. The average Bonchev–Trinajstić information content (AvgIpc) is 2.57. The van der Waals surface area contributed by atoms with Crippen molar-refractivity contribution in [2.75, 3.05) is 32.4 Å². The molecule has 1 aliphatic heterocycles. The number of nitrogens with two attached hydrogens (primary N) is 1. The number of sulfonamides is 1. The number of hydrogen-bond donors (Lipinski definition) is 2. The zero-order chi connectivity index (χ0) is 18.5. The van der Waals surface area contributed by atoms with Crippen molar-refractivity contribution in [1.29, 1.82) is 0 Å². The Balaban J connectivity index is 2.45. The third-order valence-electron chi connectivity index (χ3n) is 4.57. The van der Waals surface area contributed by atoms with Crippen molar-refractivity contribution >= 4 is 21.8 Å². The number of nitrogens with one attached hydrogen (secondary N) is 1. The van der Waals surface area contributed by atoms with Crippen LogP contribution in [0.1, 0.15) is 33.6 Å². The number of amides is 2. The molecule has 0 aromatic heterocycles. The van der Waals surface area contributed by atoms with E-state index >= 15 is 0 Å². The second-order valence-electron chi connectivity index (χ2n) is 6.52. The van der Waals surface area contributed by atoms with Crippen molar-refractivity contribution in [2.45, 2.75) is 45.7 Å². The highest BCUT2D eigenvalue weighted by Crippen LogP contribution is 2.18. The number of carbonyl (C=O) groups is 2. The fraction of sp³-hybridized carbons (Fsp3) is 0.867. The lowest BCUT2D eigenvalue weighted by atomic mass is 10.0. The third-order valence-corrected chi connectivity index (χ3v) is 6.48. The molecule has 0 bridgehead atoms. The lowest BCUT2D eigenvalue weighted by Crippen LogP contribution is -2.51. The predicted molar refractivity (Wildman–Crippen MR) is 92.6 cm³/mol. The number of rotatable bonds is 7. The van der Waals surface area contributed by atoms with Crippen LogP contribution in [0.2, 0.25) is 0 Å². The second kappa shape index (κ2) is 8.77. The van der Waals surface area contributed by atoms with Gasteiger partial charge in [-0.3, -0.25) is 9.59 Å². The molecule has 1 rings (SSSR count). The van der Waals surface area contributed by atoms with Gasteiger partial charge in [0.1, 0.15) is 0 Å². The molecule has 9 heteroatoms. The van der Waals surface area contributed by atoms with Crippen molar-refractivity contribution in [2.24, 2.45) is 11.7 Å². The molecule has 0 aromatic rings. The van der Waals surface area contributed by atoms with Crippen LogP contribution < -0.4 is 11.1 Å². The van der Waals surface area contributed by atoms with Gasteiger partial charge in [0.05, 0.1) is 18.3 Å². The highest BCUT2D eigenvalue weighted by molar-refractivity contribution is 7.89. The van der Waals surface area contributed by atoms with Gasteiger partial charge in [-0.25, -0.2) is 12.7 Å². The summed E-state index contributed by atoms with van der Waals surface area (Å²) < 4.78 is 25.2. The summed E-state index contributed by atoms with van der Waals surface area (Å²) in [5.41, 5.74) is 5.73. The Morgan fingerprint density at radius 2 is 1.83 bits per heavy atom. The summed E-state index contributed by atoms with van der Waals surface area (Å²) >= 11 is 0. The van der Waals surface area contributed by atoms with Crippen molar-refractivity contribution in [3.63, 3.8) is 0 Å². The lowest BCUT2D eigenvalue weighted by Gasteiger charge is -2.36. The van der Waals surface area contributed by atoms with E-state index in [0.29, 0.717) is 25.9 Å². The minimum absolute atomic E-state index is 0.00639. The first-order valence-electron chi connectivity index (χ1n) is 8.37. The molecule has 1 aliphatic rings. The Morgan fingerprint density at radius 3 is 2.29 bits per heavy atom. The maximum Gasteiger partial charge on any atom is 0.241 e. The molecule has 1 atom stereocenters. The van der Waals surface area contributed by atoms with E-state index in [0.717, 1.165) is 0 Å². The molecule has 1 saturated heterocycles. The molecule has 1 heterocycles. The Hall–Kier alpha value is -1.19.